The van der Waals surface area contributed by atoms with Gasteiger partial charge >= 0.3 is 0 Å². The number of rotatable bonds is 30. The first-order chi connectivity index (χ1) is 19.5. The molecule has 242 valence electrons. The average molecular weight is 663 g/mol. The van der Waals surface area contributed by atoms with Crippen LogP contribution in [-0.2, 0) is 0 Å². The van der Waals surface area contributed by atoms with Crippen LogP contribution in [0, 0.1) is 0 Å². The first kappa shape index (κ1) is 41.1. The molecule has 0 aromatic carbocycles. The second-order valence-electron chi connectivity index (χ2n) is 12.5. The van der Waals surface area contributed by atoms with Crippen LogP contribution in [0.15, 0.2) is 0 Å². The van der Waals surface area contributed by atoms with Gasteiger partial charge in [0.25, 0.3) is 0 Å². The highest BCUT2D eigenvalue weighted by atomic mass is 28.4. The van der Waals surface area contributed by atoms with Gasteiger partial charge in [0.1, 0.15) is 0 Å². The summed E-state index contributed by atoms with van der Waals surface area (Å²) in [5.41, 5.74) is 0. The maximum absolute atomic E-state index is 3.63. The third kappa shape index (κ3) is 16.8. The van der Waals surface area contributed by atoms with Gasteiger partial charge in [-0.05, 0) is 95.9 Å². The zero-order chi connectivity index (χ0) is 30.0. The smallest absolute Gasteiger partial charge is 0.177 e. The second kappa shape index (κ2) is 28.9. The number of hydrogen-bond acceptors (Lipinski definition) is 4. The van der Waals surface area contributed by atoms with Crippen molar-refractivity contribution in [3.8, 4) is 0 Å². The molecule has 40 heavy (non-hydrogen) atoms. The van der Waals surface area contributed by atoms with Crippen molar-refractivity contribution in [3.05, 3.63) is 0 Å². The van der Waals surface area contributed by atoms with E-state index in [0.717, 1.165) is 0 Å². The molecule has 10 heteroatoms. The van der Waals surface area contributed by atoms with Crippen LogP contribution in [0.4, 0.5) is 0 Å². The van der Waals surface area contributed by atoms with E-state index in [1.54, 1.807) is 18.1 Å². The predicted molar refractivity (Wildman–Crippen MR) is 206 cm³/mol. The summed E-state index contributed by atoms with van der Waals surface area (Å²) in [7, 11) is 0.609. The van der Waals surface area contributed by atoms with Crippen LogP contribution in [0.3, 0.4) is 0 Å². The molecule has 0 N–H and O–H groups in total. The van der Waals surface area contributed by atoms with Gasteiger partial charge in [0, 0.05) is 30.7 Å². The maximum Gasteiger partial charge on any atom is 0.177 e. The molecular weight excluding hydrogens is 585 g/mol. The molecule has 4 nitrogen and oxygen atoms in total. The van der Waals surface area contributed by atoms with Gasteiger partial charge in [-0.1, -0.05) is 98.2 Å². The lowest BCUT2D eigenvalue weighted by atomic mass is 10.3. The van der Waals surface area contributed by atoms with Crippen LogP contribution in [0.25, 0.3) is 0 Å². The summed E-state index contributed by atoms with van der Waals surface area (Å²) < 4.78 is 13.3. The molecule has 0 radical (unpaired) electrons. The van der Waals surface area contributed by atoms with Gasteiger partial charge < -0.3 is 17.6 Å². The van der Waals surface area contributed by atoms with Crippen molar-refractivity contribution >= 4 is 58.1 Å². The monoisotopic (exact) mass is 662 g/mol. The van der Waals surface area contributed by atoms with E-state index in [1.165, 1.54) is 165 Å². The van der Waals surface area contributed by atoms with Gasteiger partial charge in [-0.3, -0.25) is 0 Å². The molecule has 0 saturated heterocycles. The molecule has 3 unspecified atom stereocenters. The first-order valence-electron chi connectivity index (χ1n) is 18.5. The highest BCUT2D eigenvalue weighted by Crippen LogP contribution is 2.25. The molecule has 0 heterocycles. The predicted octanol–water partition coefficient (Wildman–Crippen LogP) is 4.01. The second-order valence-corrected chi connectivity index (χ2v) is 25.9. The lowest BCUT2D eigenvalue weighted by molar-refractivity contribution is 0.353. The lowest BCUT2D eigenvalue weighted by Crippen LogP contribution is -2.72. The fourth-order valence-electron chi connectivity index (χ4n) is 6.33. The molecule has 0 spiro atoms. The molecule has 0 bridgehead atoms. The summed E-state index contributed by atoms with van der Waals surface area (Å²) in [6.45, 7) is 22.9. The number of hydrogen-bond donors (Lipinski definition) is 0. The lowest BCUT2D eigenvalue weighted by Gasteiger charge is -2.52. The zero-order valence-electron chi connectivity index (χ0n) is 29.5. The van der Waals surface area contributed by atoms with E-state index in [-0.39, 0.29) is 0 Å². The average Bonchev–Trinajstić information content (AvgIpc) is 2.96. The molecule has 0 aliphatic rings. The van der Waals surface area contributed by atoms with Crippen LogP contribution in [0.2, 0.25) is 36.3 Å². The van der Waals surface area contributed by atoms with E-state index in [1.807, 2.05) is 0 Å². The van der Waals surface area contributed by atoms with E-state index >= 15 is 0 Å². The standard InChI is InChI=1S/C30H78N4Si6/c1-7-13-19-31(20-14-8-2)38(28-25-35)34(39(29-26-36)32(21-15-9-3)22-16-10-4)40(30-27-37)33(23-17-11-5)24-18-12-6/h38-40H,7-30H2,1-6,35-37H3. The van der Waals surface area contributed by atoms with Gasteiger partial charge in [-0.2, -0.15) is 0 Å². The Kier molecular flexibility index (Phi) is 29.7. The summed E-state index contributed by atoms with van der Waals surface area (Å²) in [5.74, 6) is 0. The molecule has 0 amide bonds. The van der Waals surface area contributed by atoms with Gasteiger partial charge in [0.15, 0.2) is 27.4 Å². The summed E-state index contributed by atoms with van der Waals surface area (Å²) in [6, 6.07) is 9.33. The Morgan fingerprint density at radius 2 is 0.575 bits per heavy atom. The van der Waals surface area contributed by atoms with E-state index in [4.69, 9.17) is 0 Å². The molecule has 0 aromatic rings. The maximum atomic E-state index is 3.63. The molecule has 0 saturated carbocycles. The van der Waals surface area contributed by atoms with Crippen molar-refractivity contribution in [2.24, 2.45) is 0 Å². The van der Waals surface area contributed by atoms with Gasteiger partial charge in [-0.25, -0.2) is 0 Å². The molecule has 0 fully saturated rings. The van der Waals surface area contributed by atoms with E-state index in [9.17, 15) is 0 Å². The fourth-order valence-corrected chi connectivity index (χ4v) is 29.4. The van der Waals surface area contributed by atoms with E-state index in [0.29, 0.717) is 0 Å². The van der Waals surface area contributed by atoms with Crippen LogP contribution < -0.4 is 0 Å². The third-order valence-corrected chi connectivity index (χ3v) is 29.5. The van der Waals surface area contributed by atoms with E-state index in [2.05, 4.69) is 59.1 Å². The molecule has 0 rings (SSSR count). The fraction of sp³-hybridized carbons (Fsp3) is 1.00. The largest absolute Gasteiger partial charge is 0.339 e. The Morgan fingerprint density at radius 3 is 0.725 bits per heavy atom. The van der Waals surface area contributed by atoms with Gasteiger partial charge in [0.05, 0.1) is 0 Å². The SMILES string of the molecule is CCCCN(CCCC)[SiH](CC[SiH3])N([SiH](CC[SiH3])N(CCCC)CCCC)[SiH](CC[SiH3])N(CCCC)CCCC. The highest BCUT2D eigenvalue weighted by Gasteiger charge is 2.41. The van der Waals surface area contributed by atoms with Crippen LogP contribution >= 0.6 is 0 Å². The van der Waals surface area contributed by atoms with Crippen LogP contribution in [0.5, 0.6) is 0 Å². The Bertz CT molecular complexity index is 441. The van der Waals surface area contributed by atoms with Crippen molar-refractivity contribution in [2.45, 2.75) is 155 Å². The molecule has 0 aliphatic carbocycles. The van der Waals surface area contributed by atoms with Crippen LogP contribution in [0.1, 0.15) is 119 Å². The van der Waals surface area contributed by atoms with Crippen molar-refractivity contribution in [2.75, 3.05) is 39.3 Å². The quantitative estimate of drug-likeness (QED) is 0.108. The summed E-state index contributed by atoms with van der Waals surface area (Å²) in [6.07, 6.45) is 16.6. The Hall–Kier alpha value is 1.14. The molecule has 0 aliphatic heterocycles. The Balaban J connectivity index is 7.07. The van der Waals surface area contributed by atoms with E-state index < -0.39 is 27.4 Å². The van der Waals surface area contributed by atoms with Crippen molar-refractivity contribution in [3.63, 3.8) is 0 Å². The summed E-state index contributed by atoms with van der Waals surface area (Å²) in [4.78, 5) is 0. The van der Waals surface area contributed by atoms with Crippen molar-refractivity contribution < 1.29 is 0 Å². The third-order valence-electron chi connectivity index (χ3n) is 8.73. The summed E-state index contributed by atoms with van der Waals surface area (Å²) >= 11 is 0. The molecular formula is C30H78N4Si6. The topological polar surface area (TPSA) is 13.0 Å². The zero-order valence-corrected chi connectivity index (χ0v) is 39.0. The first-order valence-corrected chi connectivity index (χ1v) is 28.3. The van der Waals surface area contributed by atoms with Gasteiger partial charge in [0.2, 0.25) is 0 Å². The minimum Gasteiger partial charge on any atom is -0.339 e. The summed E-state index contributed by atoms with van der Waals surface area (Å²) in [5, 5.41) is 0. The Morgan fingerprint density at radius 1 is 0.375 bits per heavy atom. The minimum absolute atomic E-state index is 1.18. The van der Waals surface area contributed by atoms with Crippen LogP contribution in [-0.4, -0.2) is 115 Å². The van der Waals surface area contributed by atoms with Crippen molar-refractivity contribution in [1.82, 2.24) is 17.6 Å². The normalized spacial score (nSPS) is 14.8. The van der Waals surface area contributed by atoms with Crippen molar-refractivity contribution in [1.29, 1.82) is 0 Å². The molecule has 0 aromatic heterocycles. The minimum atomic E-state index is -1.18. The molecule has 3 atom stereocenters. The van der Waals surface area contributed by atoms with Gasteiger partial charge in [-0.15, -0.1) is 0 Å². The highest BCUT2D eigenvalue weighted by molar-refractivity contribution is 6.84. The Labute approximate surface area is 268 Å². The number of nitrogens with zero attached hydrogens (tertiary/aromatic N) is 4. The number of unbranched alkanes of at least 4 members (excludes halogenated alkanes) is 6.